The third-order valence-corrected chi connectivity index (χ3v) is 3.09. The van der Waals surface area contributed by atoms with Gasteiger partial charge in [0.1, 0.15) is 6.10 Å². The summed E-state index contributed by atoms with van der Waals surface area (Å²) >= 11 is 0. The first-order chi connectivity index (χ1) is 8.48. The molecular formula is C16H19NO. The summed E-state index contributed by atoms with van der Waals surface area (Å²) in [7, 11) is 0. The van der Waals surface area contributed by atoms with E-state index in [1.54, 1.807) is 12.4 Å². The maximum atomic E-state index is 10.2. The maximum absolute atomic E-state index is 10.2. The first-order valence-corrected chi connectivity index (χ1v) is 6.17. The second-order valence-electron chi connectivity index (χ2n) is 5.56. The van der Waals surface area contributed by atoms with E-state index in [1.807, 2.05) is 24.3 Å². The van der Waals surface area contributed by atoms with Gasteiger partial charge in [0.05, 0.1) is 0 Å². The predicted octanol–water partition coefficient (Wildman–Crippen LogP) is 3.46. The molecule has 0 saturated carbocycles. The minimum atomic E-state index is -0.604. The van der Waals surface area contributed by atoms with Crippen LogP contribution in [0, 0.1) is 0 Å². The summed E-state index contributed by atoms with van der Waals surface area (Å²) in [5.41, 5.74) is 3.12. The number of aromatic nitrogens is 1. The van der Waals surface area contributed by atoms with Crippen molar-refractivity contribution in [1.29, 1.82) is 0 Å². The number of pyridine rings is 1. The topological polar surface area (TPSA) is 33.1 Å². The highest BCUT2D eigenvalue weighted by Crippen LogP contribution is 2.26. The van der Waals surface area contributed by atoms with Crippen LogP contribution >= 0.6 is 0 Å². The van der Waals surface area contributed by atoms with Crippen molar-refractivity contribution in [3.8, 4) is 0 Å². The molecule has 0 fully saturated rings. The van der Waals surface area contributed by atoms with Gasteiger partial charge in [0.2, 0.25) is 0 Å². The lowest BCUT2D eigenvalue weighted by Gasteiger charge is -2.20. The molecule has 1 unspecified atom stereocenters. The Hall–Kier alpha value is -1.67. The number of hydrogen-bond acceptors (Lipinski definition) is 2. The highest BCUT2D eigenvalue weighted by molar-refractivity contribution is 5.32. The molecule has 2 aromatic rings. The highest BCUT2D eigenvalue weighted by Gasteiger charge is 2.15. The van der Waals surface area contributed by atoms with E-state index in [-0.39, 0.29) is 5.41 Å². The molecule has 0 radical (unpaired) electrons. The van der Waals surface area contributed by atoms with Crippen LogP contribution in [-0.2, 0) is 5.41 Å². The fourth-order valence-electron chi connectivity index (χ4n) is 1.90. The van der Waals surface area contributed by atoms with Gasteiger partial charge in [-0.2, -0.15) is 0 Å². The van der Waals surface area contributed by atoms with E-state index in [9.17, 15) is 5.11 Å². The molecule has 0 saturated heterocycles. The molecule has 18 heavy (non-hydrogen) atoms. The average Bonchev–Trinajstić information content (AvgIpc) is 2.38. The van der Waals surface area contributed by atoms with Crippen molar-refractivity contribution in [3.63, 3.8) is 0 Å². The Balaban J connectivity index is 2.25. The first kappa shape index (κ1) is 12.8. The molecule has 94 valence electrons. The number of aliphatic hydroxyl groups excluding tert-OH is 1. The molecule has 0 amide bonds. The number of hydrogen-bond donors (Lipinski definition) is 1. The lowest BCUT2D eigenvalue weighted by atomic mass is 9.86. The summed E-state index contributed by atoms with van der Waals surface area (Å²) in [6, 6.07) is 11.8. The fraction of sp³-hybridized carbons (Fsp3) is 0.312. The van der Waals surface area contributed by atoms with Gasteiger partial charge < -0.3 is 5.11 Å². The summed E-state index contributed by atoms with van der Waals surface area (Å²) in [5, 5.41) is 10.2. The van der Waals surface area contributed by atoms with Crippen LogP contribution in [0.1, 0.15) is 43.6 Å². The van der Waals surface area contributed by atoms with Crippen LogP contribution in [-0.4, -0.2) is 10.1 Å². The largest absolute Gasteiger partial charge is 0.384 e. The van der Waals surface area contributed by atoms with Gasteiger partial charge in [0.25, 0.3) is 0 Å². The van der Waals surface area contributed by atoms with Gasteiger partial charge in [-0.3, -0.25) is 4.98 Å². The van der Waals surface area contributed by atoms with Gasteiger partial charge >= 0.3 is 0 Å². The third kappa shape index (κ3) is 2.77. The number of aliphatic hydroxyl groups is 1. The summed E-state index contributed by atoms with van der Waals surface area (Å²) in [4.78, 5) is 4.03. The minimum Gasteiger partial charge on any atom is -0.384 e. The van der Waals surface area contributed by atoms with Crippen LogP contribution < -0.4 is 0 Å². The Bertz CT molecular complexity index is 497. The SMILES string of the molecule is CC(C)(C)c1ccc(C(O)c2cccnc2)cc1. The monoisotopic (exact) mass is 241 g/mol. The summed E-state index contributed by atoms with van der Waals surface area (Å²) in [5.74, 6) is 0. The molecule has 1 atom stereocenters. The Kier molecular flexibility index (Phi) is 3.48. The van der Waals surface area contributed by atoms with Gasteiger partial charge in [-0.1, -0.05) is 51.1 Å². The third-order valence-electron chi connectivity index (χ3n) is 3.09. The Morgan fingerprint density at radius 2 is 1.67 bits per heavy atom. The van der Waals surface area contributed by atoms with Gasteiger partial charge in [-0.15, -0.1) is 0 Å². The van der Waals surface area contributed by atoms with Gasteiger partial charge in [0, 0.05) is 18.0 Å². The van der Waals surface area contributed by atoms with E-state index in [0.29, 0.717) is 0 Å². The van der Waals surface area contributed by atoms with Crippen molar-refractivity contribution in [2.45, 2.75) is 32.3 Å². The molecule has 2 nitrogen and oxygen atoms in total. The number of benzene rings is 1. The van der Waals surface area contributed by atoms with Gasteiger partial charge in [0.15, 0.2) is 0 Å². The molecule has 1 aromatic carbocycles. The Labute approximate surface area is 108 Å². The molecular weight excluding hydrogens is 222 g/mol. The van der Waals surface area contributed by atoms with Crippen molar-refractivity contribution in [3.05, 3.63) is 65.5 Å². The quantitative estimate of drug-likeness (QED) is 0.873. The second-order valence-corrected chi connectivity index (χ2v) is 5.56. The van der Waals surface area contributed by atoms with Gasteiger partial charge in [-0.25, -0.2) is 0 Å². The van der Waals surface area contributed by atoms with E-state index < -0.39 is 6.10 Å². The van der Waals surface area contributed by atoms with Gasteiger partial charge in [-0.05, 0) is 22.6 Å². The van der Waals surface area contributed by atoms with Crippen LogP contribution in [0.2, 0.25) is 0 Å². The highest BCUT2D eigenvalue weighted by atomic mass is 16.3. The molecule has 0 aliphatic carbocycles. The standard InChI is InChI=1S/C16H19NO/c1-16(2,3)14-8-6-12(7-9-14)15(18)13-5-4-10-17-11-13/h4-11,15,18H,1-3H3. The maximum Gasteiger partial charge on any atom is 0.106 e. The number of nitrogens with zero attached hydrogens (tertiary/aromatic N) is 1. The molecule has 2 rings (SSSR count). The van der Waals surface area contributed by atoms with Crippen molar-refractivity contribution in [1.82, 2.24) is 4.98 Å². The number of rotatable bonds is 2. The van der Waals surface area contributed by atoms with E-state index in [1.165, 1.54) is 5.56 Å². The fourth-order valence-corrected chi connectivity index (χ4v) is 1.90. The molecule has 0 spiro atoms. The van der Waals surface area contributed by atoms with E-state index in [2.05, 4.69) is 37.9 Å². The van der Waals surface area contributed by atoms with E-state index >= 15 is 0 Å². The minimum absolute atomic E-state index is 0.137. The van der Waals surface area contributed by atoms with Crippen molar-refractivity contribution >= 4 is 0 Å². The normalized spacial score (nSPS) is 13.3. The molecule has 2 heteroatoms. The van der Waals surface area contributed by atoms with E-state index in [0.717, 1.165) is 11.1 Å². The first-order valence-electron chi connectivity index (χ1n) is 6.17. The van der Waals surface area contributed by atoms with Crippen LogP contribution in [0.15, 0.2) is 48.8 Å². The van der Waals surface area contributed by atoms with Crippen molar-refractivity contribution in [2.24, 2.45) is 0 Å². The summed E-state index contributed by atoms with van der Waals surface area (Å²) in [6.45, 7) is 6.54. The van der Waals surface area contributed by atoms with Crippen LogP contribution in [0.5, 0.6) is 0 Å². The lowest BCUT2D eigenvalue weighted by Crippen LogP contribution is -2.11. The van der Waals surface area contributed by atoms with Crippen LogP contribution in [0.3, 0.4) is 0 Å². The zero-order chi connectivity index (χ0) is 13.2. The lowest BCUT2D eigenvalue weighted by molar-refractivity contribution is 0.220. The molecule has 0 aliphatic heterocycles. The van der Waals surface area contributed by atoms with Crippen LogP contribution in [0.25, 0.3) is 0 Å². The summed E-state index contributed by atoms with van der Waals surface area (Å²) in [6.07, 6.45) is 2.80. The average molecular weight is 241 g/mol. The molecule has 1 heterocycles. The predicted molar refractivity (Wildman–Crippen MR) is 73.4 cm³/mol. The molecule has 0 bridgehead atoms. The zero-order valence-corrected chi connectivity index (χ0v) is 11.1. The van der Waals surface area contributed by atoms with E-state index in [4.69, 9.17) is 0 Å². The second kappa shape index (κ2) is 4.91. The molecule has 0 aliphatic rings. The Morgan fingerprint density at radius 3 is 2.17 bits per heavy atom. The van der Waals surface area contributed by atoms with Crippen molar-refractivity contribution in [2.75, 3.05) is 0 Å². The smallest absolute Gasteiger partial charge is 0.106 e. The Morgan fingerprint density at radius 1 is 1.00 bits per heavy atom. The van der Waals surface area contributed by atoms with Crippen LogP contribution in [0.4, 0.5) is 0 Å². The summed E-state index contributed by atoms with van der Waals surface area (Å²) < 4.78 is 0. The molecule has 1 N–H and O–H groups in total. The van der Waals surface area contributed by atoms with Crippen molar-refractivity contribution < 1.29 is 5.11 Å². The zero-order valence-electron chi connectivity index (χ0n) is 11.1. The molecule has 1 aromatic heterocycles.